The standard InChI is InChI=1S/C18H20ClN3O3/c19-14-2-1-3-15(6-14)25-17-5-12-10-22(9-11(12)4-16(17)23)18(24)13-7-20-21-8-13/h1-3,6-8,11-12,16-17,23H,4-5,9-10H2,(H,20,21)/t11-,12+,16+,17+/m0/s1. The minimum absolute atomic E-state index is 0.00931. The maximum atomic E-state index is 12.5. The normalized spacial score (nSPS) is 28.6. The summed E-state index contributed by atoms with van der Waals surface area (Å²) in [5.41, 5.74) is 0.575. The maximum absolute atomic E-state index is 12.5. The van der Waals surface area contributed by atoms with Gasteiger partial charge in [-0.3, -0.25) is 9.89 Å². The Morgan fingerprint density at radius 2 is 2.12 bits per heavy atom. The number of carbonyl (C=O) groups is 1. The van der Waals surface area contributed by atoms with Crippen LogP contribution >= 0.6 is 11.6 Å². The minimum atomic E-state index is -0.538. The Kier molecular flexibility index (Phi) is 4.39. The van der Waals surface area contributed by atoms with Crippen molar-refractivity contribution in [3.63, 3.8) is 0 Å². The van der Waals surface area contributed by atoms with Crippen molar-refractivity contribution in [1.29, 1.82) is 0 Å². The molecule has 1 aliphatic heterocycles. The van der Waals surface area contributed by atoms with Crippen LogP contribution in [0.4, 0.5) is 0 Å². The Morgan fingerprint density at radius 3 is 2.84 bits per heavy atom. The maximum Gasteiger partial charge on any atom is 0.257 e. The van der Waals surface area contributed by atoms with Gasteiger partial charge in [0.15, 0.2) is 0 Å². The van der Waals surface area contributed by atoms with E-state index in [1.54, 1.807) is 24.5 Å². The Balaban J connectivity index is 1.42. The smallest absolute Gasteiger partial charge is 0.257 e. The van der Waals surface area contributed by atoms with Gasteiger partial charge in [0.25, 0.3) is 5.91 Å². The van der Waals surface area contributed by atoms with Crippen molar-refractivity contribution in [2.24, 2.45) is 11.8 Å². The molecule has 25 heavy (non-hydrogen) atoms. The second kappa shape index (κ2) is 6.69. The van der Waals surface area contributed by atoms with Crippen LogP contribution in [0.1, 0.15) is 23.2 Å². The summed E-state index contributed by atoms with van der Waals surface area (Å²) in [6.07, 6.45) is 3.72. The molecule has 0 spiro atoms. The average molecular weight is 362 g/mol. The Morgan fingerprint density at radius 1 is 1.32 bits per heavy atom. The number of benzene rings is 1. The van der Waals surface area contributed by atoms with Crippen molar-refractivity contribution in [1.82, 2.24) is 15.1 Å². The number of aliphatic hydroxyl groups is 1. The lowest BCUT2D eigenvalue weighted by Gasteiger charge is -2.35. The third-order valence-corrected chi connectivity index (χ3v) is 5.44. The molecule has 0 unspecified atom stereocenters. The fourth-order valence-electron chi connectivity index (χ4n) is 3.95. The van der Waals surface area contributed by atoms with Gasteiger partial charge in [-0.05, 0) is 42.9 Å². The van der Waals surface area contributed by atoms with Crippen LogP contribution in [0.3, 0.4) is 0 Å². The van der Waals surface area contributed by atoms with E-state index in [-0.39, 0.29) is 12.0 Å². The van der Waals surface area contributed by atoms with E-state index in [0.717, 1.165) is 6.42 Å². The van der Waals surface area contributed by atoms with Gasteiger partial charge < -0.3 is 14.7 Å². The molecule has 1 saturated heterocycles. The first kappa shape index (κ1) is 16.4. The molecule has 132 valence electrons. The zero-order valence-corrected chi connectivity index (χ0v) is 14.4. The number of amides is 1. The van der Waals surface area contributed by atoms with Gasteiger partial charge in [-0.25, -0.2) is 0 Å². The number of rotatable bonds is 3. The molecular formula is C18H20ClN3O3. The molecule has 1 saturated carbocycles. The minimum Gasteiger partial charge on any atom is -0.488 e. The van der Waals surface area contributed by atoms with Crippen molar-refractivity contribution in [3.8, 4) is 5.75 Å². The number of likely N-dealkylation sites (tertiary alicyclic amines) is 1. The molecule has 1 aromatic heterocycles. The molecule has 6 nitrogen and oxygen atoms in total. The number of nitrogens with one attached hydrogen (secondary N) is 1. The highest BCUT2D eigenvalue weighted by molar-refractivity contribution is 6.30. The van der Waals surface area contributed by atoms with Gasteiger partial charge >= 0.3 is 0 Å². The largest absolute Gasteiger partial charge is 0.488 e. The van der Waals surface area contributed by atoms with E-state index in [9.17, 15) is 9.90 Å². The van der Waals surface area contributed by atoms with E-state index < -0.39 is 6.10 Å². The Hall–Kier alpha value is -2.05. The number of hydrogen-bond acceptors (Lipinski definition) is 4. The summed E-state index contributed by atoms with van der Waals surface area (Å²) >= 11 is 6.00. The molecule has 4 atom stereocenters. The zero-order valence-electron chi connectivity index (χ0n) is 13.6. The molecule has 0 bridgehead atoms. The molecular weight excluding hydrogens is 342 g/mol. The van der Waals surface area contributed by atoms with Crippen molar-refractivity contribution >= 4 is 17.5 Å². The highest BCUT2D eigenvalue weighted by atomic mass is 35.5. The molecule has 1 amide bonds. The van der Waals surface area contributed by atoms with Crippen LogP contribution in [0.2, 0.25) is 5.02 Å². The van der Waals surface area contributed by atoms with Crippen LogP contribution < -0.4 is 4.74 Å². The van der Waals surface area contributed by atoms with E-state index in [1.165, 1.54) is 0 Å². The predicted molar refractivity (Wildman–Crippen MR) is 92.6 cm³/mol. The number of hydrogen-bond donors (Lipinski definition) is 2. The summed E-state index contributed by atoms with van der Waals surface area (Å²) in [6, 6.07) is 7.21. The molecule has 2 N–H and O–H groups in total. The molecule has 1 aliphatic carbocycles. The number of carbonyl (C=O) groups excluding carboxylic acids is 1. The number of aliphatic hydroxyl groups excluding tert-OH is 1. The van der Waals surface area contributed by atoms with Crippen molar-refractivity contribution in [2.45, 2.75) is 25.0 Å². The van der Waals surface area contributed by atoms with E-state index in [4.69, 9.17) is 16.3 Å². The Bertz CT molecular complexity index is 752. The molecule has 1 aromatic carbocycles. The first-order valence-electron chi connectivity index (χ1n) is 8.48. The lowest BCUT2D eigenvalue weighted by molar-refractivity contribution is -0.0231. The first-order valence-corrected chi connectivity index (χ1v) is 8.86. The number of halogens is 1. The number of aromatic nitrogens is 2. The van der Waals surface area contributed by atoms with Gasteiger partial charge in [0.2, 0.25) is 0 Å². The molecule has 2 aromatic rings. The Labute approximate surface area is 150 Å². The predicted octanol–water partition coefficient (Wildman–Crippen LogP) is 2.35. The van der Waals surface area contributed by atoms with Crippen molar-refractivity contribution in [2.75, 3.05) is 13.1 Å². The number of fused-ring (bicyclic) bond motifs is 1. The van der Waals surface area contributed by atoms with Crippen LogP contribution in [0, 0.1) is 11.8 Å². The average Bonchev–Trinajstić information content (AvgIpc) is 3.24. The van der Waals surface area contributed by atoms with Gasteiger partial charge in [-0.2, -0.15) is 5.10 Å². The second-order valence-electron chi connectivity index (χ2n) is 6.87. The monoisotopic (exact) mass is 361 g/mol. The number of H-pyrrole nitrogens is 1. The molecule has 2 heterocycles. The molecule has 2 aliphatic rings. The highest BCUT2D eigenvalue weighted by Crippen LogP contribution is 2.38. The van der Waals surface area contributed by atoms with Gasteiger partial charge in [-0.1, -0.05) is 17.7 Å². The van der Waals surface area contributed by atoms with Crippen molar-refractivity contribution in [3.05, 3.63) is 47.2 Å². The fourth-order valence-corrected chi connectivity index (χ4v) is 4.13. The van der Waals surface area contributed by atoms with Crippen LogP contribution in [-0.2, 0) is 0 Å². The summed E-state index contributed by atoms with van der Waals surface area (Å²) in [5.74, 6) is 1.30. The van der Waals surface area contributed by atoms with E-state index >= 15 is 0 Å². The lowest BCUT2D eigenvalue weighted by atomic mass is 9.78. The second-order valence-corrected chi connectivity index (χ2v) is 7.31. The SMILES string of the molecule is O=C(c1cn[nH]c1)N1C[C@H]2C[C@@H](Oc3cccc(Cl)c3)[C@H](O)C[C@H]2C1. The number of nitrogens with zero attached hydrogens (tertiary/aromatic N) is 2. The van der Waals surface area contributed by atoms with E-state index in [0.29, 0.717) is 47.7 Å². The topological polar surface area (TPSA) is 78.5 Å². The van der Waals surface area contributed by atoms with Gasteiger partial charge in [0.1, 0.15) is 11.9 Å². The quantitative estimate of drug-likeness (QED) is 0.879. The molecule has 2 fully saturated rings. The third-order valence-electron chi connectivity index (χ3n) is 5.20. The summed E-state index contributed by atoms with van der Waals surface area (Å²) in [4.78, 5) is 14.4. The molecule has 0 radical (unpaired) electrons. The number of ether oxygens (including phenoxy) is 1. The summed E-state index contributed by atoms with van der Waals surface area (Å²) in [5, 5.41) is 17.6. The van der Waals surface area contributed by atoms with E-state index in [1.807, 2.05) is 17.0 Å². The van der Waals surface area contributed by atoms with Gasteiger partial charge in [-0.15, -0.1) is 0 Å². The van der Waals surface area contributed by atoms with Crippen LogP contribution in [-0.4, -0.2) is 51.4 Å². The lowest BCUT2D eigenvalue weighted by Crippen LogP contribution is -2.42. The highest BCUT2D eigenvalue weighted by Gasteiger charge is 2.44. The molecule has 7 heteroatoms. The molecule has 4 rings (SSSR count). The van der Waals surface area contributed by atoms with Gasteiger partial charge in [0, 0.05) is 24.3 Å². The van der Waals surface area contributed by atoms with Crippen LogP contribution in [0.15, 0.2) is 36.7 Å². The van der Waals surface area contributed by atoms with Crippen LogP contribution in [0.5, 0.6) is 5.75 Å². The van der Waals surface area contributed by atoms with Crippen molar-refractivity contribution < 1.29 is 14.6 Å². The van der Waals surface area contributed by atoms with E-state index in [2.05, 4.69) is 10.2 Å². The summed E-state index contributed by atoms with van der Waals surface area (Å²) in [6.45, 7) is 1.37. The first-order chi connectivity index (χ1) is 12.1. The third kappa shape index (κ3) is 3.37. The summed E-state index contributed by atoms with van der Waals surface area (Å²) < 4.78 is 5.97. The number of aromatic amines is 1. The van der Waals surface area contributed by atoms with Gasteiger partial charge in [0.05, 0.1) is 17.9 Å². The zero-order chi connectivity index (χ0) is 17.4. The van der Waals surface area contributed by atoms with Crippen LogP contribution in [0.25, 0.3) is 0 Å². The summed E-state index contributed by atoms with van der Waals surface area (Å²) in [7, 11) is 0. The fraction of sp³-hybridized carbons (Fsp3) is 0.444.